The van der Waals surface area contributed by atoms with Gasteiger partial charge in [-0.1, -0.05) is 18.2 Å². The number of aromatic nitrogens is 3. The molecule has 4 rings (SSSR count). The first-order chi connectivity index (χ1) is 11.4. The van der Waals surface area contributed by atoms with Crippen LogP contribution in [0.2, 0.25) is 0 Å². The number of nitrogens with zero attached hydrogens (tertiary/aromatic N) is 4. The van der Waals surface area contributed by atoms with Crippen LogP contribution >= 0.6 is 0 Å². The van der Waals surface area contributed by atoms with Crippen LogP contribution in [0.5, 0.6) is 0 Å². The second kappa shape index (κ2) is 6.08. The lowest BCUT2D eigenvalue weighted by Gasteiger charge is -2.16. The van der Waals surface area contributed by atoms with Gasteiger partial charge in [0.25, 0.3) is 0 Å². The Morgan fingerprint density at radius 1 is 1.00 bits per heavy atom. The van der Waals surface area contributed by atoms with E-state index in [-0.39, 0.29) is 0 Å². The lowest BCUT2D eigenvalue weighted by atomic mass is 9.96. The van der Waals surface area contributed by atoms with Crippen LogP contribution in [-0.4, -0.2) is 27.4 Å². The van der Waals surface area contributed by atoms with Crippen molar-refractivity contribution in [3.63, 3.8) is 0 Å². The van der Waals surface area contributed by atoms with Gasteiger partial charge in [-0.25, -0.2) is 0 Å². The minimum absolute atomic E-state index is 0.866. The first kappa shape index (κ1) is 13.8. The van der Waals surface area contributed by atoms with Crippen molar-refractivity contribution in [1.29, 1.82) is 0 Å². The van der Waals surface area contributed by atoms with E-state index in [1.54, 1.807) is 6.20 Å². The Balaban J connectivity index is 1.75. The molecule has 0 N–H and O–H groups in total. The lowest BCUT2D eigenvalue weighted by molar-refractivity contribution is 0.817. The van der Waals surface area contributed by atoms with E-state index in [0.717, 1.165) is 47.3 Å². The zero-order valence-corrected chi connectivity index (χ0v) is 12.7. The first-order valence-corrected chi connectivity index (χ1v) is 7.78. The summed E-state index contributed by atoms with van der Waals surface area (Å²) in [5.41, 5.74) is 5.08. The highest BCUT2D eigenvalue weighted by Gasteiger charge is 2.14. The molecule has 0 saturated heterocycles. The maximum Gasteiger partial charge on any atom is 0.0930 e. The van der Waals surface area contributed by atoms with Crippen LogP contribution in [0.4, 0.5) is 0 Å². The smallest absolute Gasteiger partial charge is 0.0930 e. The lowest BCUT2D eigenvalue weighted by Crippen LogP contribution is -2.12. The molecule has 0 aliphatic carbocycles. The van der Waals surface area contributed by atoms with Crippen LogP contribution in [0, 0.1) is 0 Å². The summed E-state index contributed by atoms with van der Waals surface area (Å²) in [6, 6.07) is 14.1. The molecule has 1 aliphatic rings. The van der Waals surface area contributed by atoms with Gasteiger partial charge in [0, 0.05) is 29.9 Å². The fourth-order valence-corrected chi connectivity index (χ4v) is 2.85. The number of allylic oxidation sites excluding steroid dienone is 1. The Morgan fingerprint density at radius 2 is 1.96 bits per heavy atom. The molecule has 4 nitrogen and oxygen atoms in total. The molecule has 1 aromatic carbocycles. The molecule has 1 aliphatic heterocycles. The van der Waals surface area contributed by atoms with Gasteiger partial charge in [-0.3, -0.25) is 9.98 Å². The SMILES string of the molecule is C(=C1/CCCN=C1c1cccnc1)/c1cc2ccccc2nn1. The fourth-order valence-electron chi connectivity index (χ4n) is 2.85. The van der Waals surface area contributed by atoms with E-state index in [4.69, 9.17) is 4.99 Å². The number of fused-ring (bicyclic) bond motifs is 1. The Morgan fingerprint density at radius 3 is 2.87 bits per heavy atom. The highest BCUT2D eigenvalue weighted by Crippen LogP contribution is 2.22. The van der Waals surface area contributed by atoms with Crippen molar-refractivity contribution in [2.24, 2.45) is 4.99 Å². The normalized spacial score (nSPS) is 16.5. The molecule has 3 aromatic rings. The quantitative estimate of drug-likeness (QED) is 0.725. The minimum atomic E-state index is 0.866. The zero-order chi connectivity index (χ0) is 15.5. The maximum absolute atomic E-state index is 4.70. The molecule has 0 saturated carbocycles. The maximum atomic E-state index is 4.70. The molecule has 0 unspecified atom stereocenters. The molecule has 4 heteroatoms. The molecule has 0 spiro atoms. The highest BCUT2D eigenvalue weighted by molar-refractivity contribution is 6.15. The number of hydrogen-bond donors (Lipinski definition) is 0. The summed E-state index contributed by atoms with van der Waals surface area (Å²) in [5, 5.41) is 9.73. The van der Waals surface area contributed by atoms with Gasteiger partial charge in [0.05, 0.1) is 16.9 Å². The third-order valence-electron chi connectivity index (χ3n) is 3.95. The molecule has 23 heavy (non-hydrogen) atoms. The van der Waals surface area contributed by atoms with Gasteiger partial charge in [-0.05, 0) is 48.8 Å². The van der Waals surface area contributed by atoms with E-state index < -0.39 is 0 Å². The summed E-state index contributed by atoms with van der Waals surface area (Å²) in [6.07, 6.45) is 7.82. The van der Waals surface area contributed by atoms with Gasteiger partial charge in [-0.2, -0.15) is 5.10 Å². The van der Waals surface area contributed by atoms with Gasteiger partial charge in [0.15, 0.2) is 0 Å². The molecule has 112 valence electrons. The zero-order valence-electron chi connectivity index (χ0n) is 12.7. The number of benzene rings is 1. The van der Waals surface area contributed by atoms with E-state index >= 15 is 0 Å². The van der Waals surface area contributed by atoms with Crippen molar-refractivity contribution in [2.75, 3.05) is 6.54 Å². The van der Waals surface area contributed by atoms with Crippen molar-refractivity contribution < 1.29 is 0 Å². The molecule has 0 bridgehead atoms. The van der Waals surface area contributed by atoms with Crippen LogP contribution in [0.15, 0.2) is 65.4 Å². The summed E-state index contributed by atoms with van der Waals surface area (Å²) in [6.45, 7) is 0.866. The monoisotopic (exact) mass is 300 g/mol. The van der Waals surface area contributed by atoms with Crippen molar-refractivity contribution in [2.45, 2.75) is 12.8 Å². The third-order valence-corrected chi connectivity index (χ3v) is 3.95. The van der Waals surface area contributed by atoms with Crippen LogP contribution in [-0.2, 0) is 0 Å². The van der Waals surface area contributed by atoms with Gasteiger partial charge >= 0.3 is 0 Å². The number of pyridine rings is 1. The average Bonchev–Trinajstić information content (AvgIpc) is 2.63. The van der Waals surface area contributed by atoms with E-state index in [9.17, 15) is 0 Å². The Bertz CT molecular complexity index is 897. The van der Waals surface area contributed by atoms with E-state index in [1.165, 1.54) is 5.57 Å². The van der Waals surface area contributed by atoms with Crippen molar-refractivity contribution in [3.8, 4) is 0 Å². The Labute approximate surface area is 134 Å². The fraction of sp³-hybridized carbons (Fsp3) is 0.158. The predicted molar refractivity (Wildman–Crippen MR) is 92.4 cm³/mol. The molecule has 0 amide bonds. The first-order valence-electron chi connectivity index (χ1n) is 7.78. The summed E-state index contributed by atoms with van der Waals surface area (Å²) in [5.74, 6) is 0. The second-order valence-corrected chi connectivity index (χ2v) is 5.57. The van der Waals surface area contributed by atoms with Gasteiger partial charge in [-0.15, -0.1) is 5.10 Å². The molecule has 0 radical (unpaired) electrons. The van der Waals surface area contributed by atoms with Crippen molar-refractivity contribution >= 4 is 22.7 Å². The second-order valence-electron chi connectivity index (χ2n) is 5.57. The van der Waals surface area contributed by atoms with Crippen LogP contribution in [0.3, 0.4) is 0 Å². The molecule has 2 aromatic heterocycles. The van der Waals surface area contributed by atoms with Crippen molar-refractivity contribution in [1.82, 2.24) is 15.2 Å². The van der Waals surface area contributed by atoms with Crippen LogP contribution in [0.1, 0.15) is 24.1 Å². The Hall–Kier alpha value is -2.88. The van der Waals surface area contributed by atoms with E-state index in [2.05, 4.69) is 39.5 Å². The highest BCUT2D eigenvalue weighted by atomic mass is 15.1. The molecule has 3 heterocycles. The third kappa shape index (κ3) is 2.88. The summed E-state index contributed by atoms with van der Waals surface area (Å²) < 4.78 is 0. The molecule has 0 fully saturated rings. The van der Waals surface area contributed by atoms with E-state index in [0.29, 0.717) is 0 Å². The van der Waals surface area contributed by atoms with Crippen LogP contribution < -0.4 is 0 Å². The largest absolute Gasteiger partial charge is 0.284 e. The predicted octanol–water partition coefficient (Wildman–Crippen LogP) is 3.69. The average molecular weight is 300 g/mol. The standard InChI is InChI=1S/C19H16N4/c1-2-8-18-14(5-1)11-17(22-23-18)12-15-6-4-10-21-19(15)16-7-3-9-20-13-16/h1-3,5,7-9,11-13H,4,6,10H2/b15-12+. The van der Waals surface area contributed by atoms with Gasteiger partial charge in [0.1, 0.15) is 0 Å². The summed E-state index contributed by atoms with van der Waals surface area (Å²) in [7, 11) is 0. The molecular weight excluding hydrogens is 284 g/mol. The number of rotatable bonds is 2. The summed E-state index contributed by atoms with van der Waals surface area (Å²) in [4.78, 5) is 8.91. The van der Waals surface area contributed by atoms with Crippen LogP contribution in [0.25, 0.3) is 17.0 Å². The van der Waals surface area contributed by atoms with Gasteiger partial charge < -0.3 is 0 Å². The Kier molecular flexibility index (Phi) is 3.64. The molecular formula is C19H16N4. The molecule has 0 atom stereocenters. The van der Waals surface area contributed by atoms with E-state index in [1.807, 2.05) is 30.5 Å². The number of aliphatic imine (C=N–C) groups is 1. The van der Waals surface area contributed by atoms with Crippen molar-refractivity contribution in [3.05, 3.63) is 71.7 Å². The van der Waals surface area contributed by atoms with Gasteiger partial charge in [0.2, 0.25) is 0 Å². The number of hydrogen-bond acceptors (Lipinski definition) is 4. The minimum Gasteiger partial charge on any atom is -0.284 e. The topological polar surface area (TPSA) is 51.0 Å². The summed E-state index contributed by atoms with van der Waals surface area (Å²) >= 11 is 0.